The van der Waals surface area contributed by atoms with Gasteiger partial charge in [-0.2, -0.15) is 0 Å². The smallest absolute Gasteiger partial charge is 0.305 e. The molecular weight excluding hydrogens is 388 g/mol. The van der Waals surface area contributed by atoms with Gasteiger partial charge in [0.15, 0.2) is 0 Å². The van der Waals surface area contributed by atoms with Crippen LogP contribution in [0.2, 0.25) is 0 Å². The zero-order valence-electron chi connectivity index (χ0n) is 20.5. The van der Waals surface area contributed by atoms with E-state index in [-0.39, 0.29) is 29.0 Å². The maximum atomic E-state index is 11.8. The van der Waals surface area contributed by atoms with Gasteiger partial charge in [0.25, 0.3) is 0 Å². The third-order valence-electron chi connectivity index (χ3n) is 11.2. The second-order valence-corrected chi connectivity index (χ2v) is 12.2. The Morgan fingerprint density at radius 3 is 2.39 bits per heavy atom. The topological polar surface area (TPSA) is 66.8 Å². The van der Waals surface area contributed by atoms with Crippen molar-refractivity contribution in [3.63, 3.8) is 0 Å². The molecule has 4 rings (SSSR count). The number of methoxy groups -OCH3 is 1. The minimum absolute atomic E-state index is 0.0952. The second kappa shape index (κ2) is 8.63. The lowest BCUT2D eigenvalue weighted by Crippen LogP contribution is -2.62. The molecule has 4 aliphatic carbocycles. The molecule has 0 amide bonds. The molecule has 0 spiro atoms. The summed E-state index contributed by atoms with van der Waals surface area (Å²) in [5.41, 5.74) is 0.535. The van der Waals surface area contributed by atoms with Crippen LogP contribution in [0.15, 0.2) is 0 Å². The zero-order chi connectivity index (χ0) is 22.6. The number of carbonyl (C=O) groups excluding carboxylic acids is 1. The molecule has 0 saturated heterocycles. The van der Waals surface area contributed by atoms with Crippen molar-refractivity contribution in [2.75, 3.05) is 7.11 Å². The van der Waals surface area contributed by atoms with Crippen LogP contribution in [-0.2, 0) is 9.53 Å². The summed E-state index contributed by atoms with van der Waals surface area (Å²) in [5, 5.41) is 22.2. The largest absolute Gasteiger partial charge is 0.469 e. The molecule has 4 aliphatic rings. The van der Waals surface area contributed by atoms with E-state index in [1.807, 2.05) is 0 Å². The van der Waals surface area contributed by atoms with Crippen LogP contribution in [0.5, 0.6) is 0 Å². The van der Waals surface area contributed by atoms with Crippen LogP contribution in [0.3, 0.4) is 0 Å². The molecule has 0 aromatic heterocycles. The van der Waals surface area contributed by atoms with Crippen molar-refractivity contribution in [2.24, 2.45) is 52.3 Å². The van der Waals surface area contributed by atoms with Crippen molar-refractivity contribution in [1.82, 2.24) is 0 Å². The van der Waals surface area contributed by atoms with Gasteiger partial charge in [0.2, 0.25) is 0 Å². The van der Waals surface area contributed by atoms with Gasteiger partial charge in [-0.15, -0.1) is 0 Å². The third-order valence-corrected chi connectivity index (χ3v) is 11.2. The monoisotopic (exact) mass is 434 g/mol. The average Bonchev–Trinajstić information content (AvgIpc) is 3.10. The summed E-state index contributed by atoms with van der Waals surface area (Å²) in [6.45, 7) is 9.58. The van der Waals surface area contributed by atoms with Gasteiger partial charge in [-0.3, -0.25) is 4.79 Å². The number of carbonyl (C=O) groups is 1. The molecular formula is C27H46O4. The molecule has 0 heterocycles. The highest BCUT2D eigenvalue weighted by Crippen LogP contribution is 2.69. The van der Waals surface area contributed by atoms with Crippen molar-refractivity contribution in [3.8, 4) is 0 Å². The Hall–Kier alpha value is -0.610. The van der Waals surface area contributed by atoms with Gasteiger partial charge in [0, 0.05) is 6.42 Å². The number of esters is 1. The quantitative estimate of drug-likeness (QED) is 0.584. The summed E-state index contributed by atoms with van der Waals surface area (Å²) in [7, 11) is 1.48. The maximum Gasteiger partial charge on any atom is 0.305 e. The highest BCUT2D eigenvalue weighted by Gasteiger charge is 2.64. The number of aliphatic hydroxyl groups is 2. The highest BCUT2D eigenvalue weighted by molar-refractivity contribution is 5.69. The van der Waals surface area contributed by atoms with Crippen LogP contribution in [-0.4, -0.2) is 35.5 Å². The van der Waals surface area contributed by atoms with E-state index >= 15 is 0 Å². The number of ether oxygens (including phenoxy) is 1. The number of aliphatic hydroxyl groups excluding tert-OH is 2. The fraction of sp³-hybridized carbons (Fsp3) is 0.963. The van der Waals surface area contributed by atoms with E-state index < -0.39 is 0 Å². The predicted octanol–water partition coefficient (Wildman–Crippen LogP) is 5.20. The van der Waals surface area contributed by atoms with Crippen LogP contribution in [0.1, 0.15) is 91.9 Å². The Bertz CT molecular complexity index is 664. The van der Waals surface area contributed by atoms with Gasteiger partial charge in [-0.05, 0) is 104 Å². The third kappa shape index (κ3) is 3.68. The molecule has 2 N–H and O–H groups in total. The van der Waals surface area contributed by atoms with Gasteiger partial charge in [0.05, 0.1) is 19.3 Å². The Kier molecular flexibility index (Phi) is 6.55. The molecule has 4 fully saturated rings. The fourth-order valence-electron chi connectivity index (χ4n) is 9.58. The first kappa shape index (κ1) is 23.5. The predicted molar refractivity (Wildman–Crippen MR) is 122 cm³/mol. The van der Waals surface area contributed by atoms with Crippen molar-refractivity contribution in [3.05, 3.63) is 0 Å². The molecule has 4 heteroatoms. The number of hydrogen-bond donors (Lipinski definition) is 2. The van der Waals surface area contributed by atoms with E-state index in [4.69, 9.17) is 4.74 Å². The number of rotatable bonds is 5. The summed E-state index contributed by atoms with van der Waals surface area (Å²) in [4.78, 5) is 11.7. The van der Waals surface area contributed by atoms with Gasteiger partial charge in [-0.1, -0.05) is 34.1 Å². The first-order chi connectivity index (χ1) is 14.7. The molecule has 4 nitrogen and oxygen atoms in total. The van der Waals surface area contributed by atoms with E-state index in [2.05, 4.69) is 27.7 Å². The average molecular weight is 435 g/mol. The first-order valence-corrected chi connectivity index (χ1v) is 13.1. The Morgan fingerprint density at radius 1 is 1.03 bits per heavy atom. The molecule has 178 valence electrons. The van der Waals surface area contributed by atoms with E-state index in [0.717, 1.165) is 32.1 Å². The van der Waals surface area contributed by atoms with Crippen molar-refractivity contribution in [1.29, 1.82) is 0 Å². The summed E-state index contributed by atoms with van der Waals surface area (Å²) < 4.78 is 4.88. The second-order valence-electron chi connectivity index (χ2n) is 12.2. The number of fused-ring (bicyclic) bond motifs is 5. The zero-order valence-corrected chi connectivity index (χ0v) is 20.5. The maximum absolute atomic E-state index is 11.8. The SMILES string of the molecule is CC[C@H]1[C@@H](O)C2[C@@H]3CC[C@H]([C@H](C)CCC(=O)OC)[C@@]3(C)CC[C@@H]2[C@@]2(C)CC[C@@H](O)C[C@@H]12. The minimum Gasteiger partial charge on any atom is -0.469 e. The standard InChI is InChI=1S/C27H46O4/c1-6-18-22-15-17(28)11-13-27(22,4)21-12-14-26(3)19(16(2)7-10-23(29)31-5)8-9-20(26)24(21)25(18)30/h16-22,24-25,28,30H,6-15H2,1-5H3/t16-,17-,18-,19-,20+,21+,22+,24?,25-,26-,27-/m1/s1. The van der Waals surface area contributed by atoms with E-state index in [0.29, 0.717) is 47.8 Å². The van der Waals surface area contributed by atoms with Crippen molar-refractivity contribution >= 4 is 5.97 Å². The fourth-order valence-corrected chi connectivity index (χ4v) is 9.58. The molecule has 1 unspecified atom stereocenters. The van der Waals surface area contributed by atoms with Crippen LogP contribution in [0.25, 0.3) is 0 Å². The molecule has 0 aliphatic heterocycles. The molecule has 0 aromatic carbocycles. The van der Waals surface area contributed by atoms with E-state index in [1.54, 1.807) is 0 Å². The lowest BCUT2D eigenvalue weighted by atomic mass is 9.41. The highest BCUT2D eigenvalue weighted by atomic mass is 16.5. The summed E-state index contributed by atoms with van der Waals surface area (Å²) in [6, 6.07) is 0. The van der Waals surface area contributed by atoms with Crippen molar-refractivity contribution < 1.29 is 19.7 Å². The summed E-state index contributed by atoms with van der Waals surface area (Å²) >= 11 is 0. The molecule has 0 aromatic rings. The molecule has 0 bridgehead atoms. The van der Waals surface area contributed by atoms with Crippen LogP contribution in [0, 0.1) is 52.3 Å². The Balaban J connectivity index is 1.58. The normalized spacial score (nSPS) is 50.2. The number of hydrogen-bond acceptors (Lipinski definition) is 4. The Labute approximate surface area is 189 Å². The minimum atomic E-state index is -0.230. The summed E-state index contributed by atoms with van der Waals surface area (Å²) in [6.07, 6.45) is 9.87. The van der Waals surface area contributed by atoms with Crippen LogP contribution < -0.4 is 0 Å². The molecule has 31 heavy (non-hydrogen) atoms. The van der Waals surface area contributed by atoms with Gasteiger partial charge >= 0.3 is 5.97 Å². The lowest BCUT2D eigenvalue weighted by molar-refractivity contribution is -0.203. The van der Waals surface area contributed by atoms with Crippen LogP contribution >= 0.6 is 0 Å². The van der Waals surface area contributed by atoms with Gasteiger partial charge < -0.3 is 14.9 Å². The van der Waals surface area contributed by atoms with Gasteiger partial charge in [-0.25, -0.2) is 0 Å². The lowest BCUT2D eigenvalue weighted by Gasteiger charge is -2.64. The molecule has 4 saturated carbocycles. The Morgan fingerprint density at radius 2 is 1.71 bits per heavy atom. The van der Waals surface area contributed by atoms with Crippen molar-refractivity contribution in [2.45, 2.75) is 104 Å². The van der Waals surface area contributed by atoms with Crippen LogP contribution in [0.4, 0.5) is 0 Å². The van der Waals surface area contributed by atoms with Gasteiger partial charge in [0.1, 0.15) is 0 Å². The van der Waals surface area contributed by atoms with E-state index in [1.165, 1.54) is 32.8 Å². The molecule has 0 radical (unpaired) electrons. The van der Waals surface area contributed by atoms with E-state index in [9.17, 15) is 15.0 Å². The summed E-state index contributed by atoms with van der Waals surface area (Å²) in [5.74, 6) is 3.41. The first-order valence-electron chi connectivity index (χ1n) is 13.1. The molecule has 11 atom stereocenters.